The second-order valence-electron chi connectivity index (χ2n) is 6.66. The average molecular weight is 373 g/mol. The summed E-state index contributed by atoms with van der Waals surface area (Å²) >= 11 is 0. The summed E-state index contributed by atoms with van der Waals surface area (Å²) in [5.41, 5.74) is 4.55. The van der Waals surface area contributed by atoms with Crippen molar-refractivity contribution >= 4 is 16.8 Å². The third-order valence-corrected chi connectivity index (χ3v) is 4.64. The van der Waals surface area contributed by atoms with Crippen LogP contribution in [0, 0.1) is 13.8 Å². The van der Waals surface area contributed by atoms with Gasteiger partial charge in [-0.25, -0.2) is 4.98 Å². The van der Waals surface area contributed by atoms with E-state index in [-0.39, 0.29) is 18.0 Å². The highest BCUT2D eigenvalue weighted by atomic mass is 16.2. The molecule has 0 aliphatic carbocycles. The number of aryl methyl sites for hydroxylation is 2. The number of nitrogens with zero attached hydrogens (tertiary/aromatic N) is 2. The van der Waals surface area contributed by atoms with Crippen molar-refractivity contribution in [2.45, 2.75) is 20.4 Å². The molecule has 3 N–H and O–H groups in total. The first-order chi connectivity index (χ1) is 13.5. The molecule has 28 heavy (non-hydrogen) atoms. The second kappa shape index (κ2) is 7.11. The van der Waals surface area contributed by atoms with Gasteiger partial charge < -0.3 is 15.3 Å². The minimum absolute atomic E-state index is 0.130. The highest BCUT2D eigenvalue weighted by Crippen LogP contribution is 2.23. The van der Waals surface area contributed by atoms with Gasteiger partial charge >= 0.3 is 0 Å². The van der Waals surface area contributed by atoms with E-state index in [9.17, 15) is 9.59 Å². The lowest BCUT2D eigenvalue weighted by Gasteiger charge is -2.10. The van der Waals surface area contributed by atoms with Crippen molar-refractivity contribution in [1.29, 1.82) is 0 Å². The first kappa shape index (κ1) is 17.7. The number of hydrogen-bond donors (Lipinski definition) is 3. The Balaban J connectivity index is 1.68. The number of H-pyrrole nitrogens is 2. The van der Waals surface area contributed by atoms with E-state index in [1.54, 1.807) is 18.6 Å². The zero-order chi connectivity index (χ0) is 19.7. The maximum Gasteiger partial charge on any atom is 0.270 e. The Morgan fingerprint density at radius 3 is 2.82 bits per heavy atom. The lowest BCUT2D eigenvalue weighted by molar-refractivity contribution is 0.0947. The minimum Gasteiger partial charge on any atom is -0.361 e. The van der Waals surface area contributed by atoms with Crippen LogP contribution in [0.25, 0.3) is 22.2 Å². The van der Waals surface area contributed by atoms with Gasteiger partial charge in [0.25, 0.3) is 11.5 Å². The number of aromatic amines is 2. The molecule has 7 heteroatoms. The number of rotatable bonds is 4. The van der Waals surface area contributed by atoms with Crippen LogP contribution in [0.1, 0.15) is 27.3 Å². The van der Waals surface area contributed by atoms with Crippen molar-refractivity contribution in [3.05, 3.63) is 81.8 Å². The average Bonchev–Trinajstić information content (AvgIpc) is 3.15. The van der Waals surface area contributed by atoms with Gasteiger partial charge in [-0.1, -0.05) is 0 Å². The highest BCUT2D eigenvalue weighted by molar-refractivity contribution is 6.05. The van der Waals surface area contributed by atoms with E-state index < -0.39 is 0 Å². The van der Waals surface area contributed by atoms with E-state index in [1.165, 1.54) is 0 Å². The molecule has 140 valence electrons. The smallest absolute Gasteiger partial charge is 0.270 e. The van der Waals surface area contributed by atoms with Crippen LogP contribution in [-0.2, 0) is 6.54 Å². The van der Waals surface area contributed by atoms with Gasteiger partial charge in [0.15, 0.2) is 0 Å². The summed E-state index contributed by atoms with van der Waals surface area (Å²) in [6, 6.07) is 9.30. The monoisotopic (exact) mass is 373 g/mol. The summed E-state index contributed by atoms with van der Waals surface area (Å²) in [6.07, 6.45) is 5.16. The molecule has 0 fully saturated rings. The Morgan fingerprint density at radius 1 is 1.21 bits per heavy atom. The summed E-state index contributed by atoms with van der Waals surface area (Å²) in [6.45, 7) is 3.81. The number of amides is 1. The van der Waals surface area contributed by atoms with Crippen molar-refractivity contribution in [2.24, 2.45) is 0 Å². The lowest BCUT2D eigenvalue weighted by Crippen LogP contribution is -2.28. The minimum atomic E-state index is -0.338. The molecule has 4 rings (SSSR count). The number of hydrogen-bond acceptors (Lipinski definition) is 4. The van der Waals surface area contributed by atoms with Crippen LogP contribution in [0.4, 0.5) is 0 Å². The molecule has 0 spiro atoms. The number of nitrogens with one attached hydrogen (secondary N) is 3. The van der Waals surface area contributed by atoms with E-state index >= 15 is 0 Å². The Kier molecular flexibility index (Phi) is 4.49. The second-order valence-corrected chi connectivity index (χ2v) is 6.66. The van der Waals surface area contributed by atoms with Crippen molar-refractivity contribution in [1.82, 2.24) is 25.3 Å². The van der Waals surface area contributed by atoms with E-state index in [0.717, 1.165) is 27.7 Å². The number of carbonyl (C=O) groups is 1. The molecular formula is C21H19N5O2. The maximum atomic E-state index is 12.9. The number of pyridine rings is 3. The van der Waals surface area contributed by atoms with Crippen LogP contribution in [-0.4, -0.2) is 25.8 Å². The quantitative estimate of drug-likeness (QED) is 0.512. The Hall–Kier alpha value is -3.74. The third kappa shape index (κ3) is 3.29. The van der Waals surface area contributed by atoms with Crippen molar-refractivity contribution in [3.63, 3.8) is 0 Å². The molecule has 4 aromatic rings. The molecule has 0 aliphatic rings. The van der Waals surface area contributed by atoms with Gasteiger partial charge in [-0.05, 0) is 49.7 Å². The topological polar surface area (TPSA) is 104 Å². The molecule has 4 heterocycles. The van der Waals surface area contributed by atoms with Gasteiger partial charge in [-0.15, -0.1) is 0 Å². The first-order valence-corrected chi connectivity index (χ1v) is 8.89. The van der Waals surface area contributed by atoms with Crippen LogP contribution in [0.3, 0.4) is 0 Å². The van der Waals surface area contributed by atoms with Gasteiger partial charge in [0.1, 0.15) is 5.69 Å². The highest BCUT2D eigenvalue weighted by Gasteiger charge is 2.16. The van der Waals surface area contributed by atoms with E-state index in [2.05, 4.69) is 25.3 Å². The fourth-order valence-corrected chi connectivity index (χ4v) is 3.25. The molecule has 4 aromatic heterocycles. The largest absolute Gasteiger partial charge is 0.361 e. The molecule has 0 saturated carbocycles. The number of aromatic nitrogens is 4. The summed E-state index contributed by atoms with van der Waals surface area (Å²) in [7, 11) is 0. The molecule has 0 aliphatic heterocycles. The summed E-state index contributed by atoms with van der Waals surface area (Å²) in [5, 5.41) is 3.55. The van der Waals surface area contributed by atoms with Gasteiger partial charge in [0.2, 0.25) is 0 Å². The van der Waals surface area contributed by atoms with E-state index in [1.807, 2.05) is 44.2 Å². The SMILES string of the molecule is Cc1cc(C)c(CNC(=O)c2nc(-c3cccnc3)cc3[nH]ccc23)c(=O)[nH]1. The zero-order valence-electron chi connectivity index (χ0n) is 15.5. The Labute approximate surface area is 160 Å². The molecule has 0 radical (unpaired) electrons. The molecule has 0 bridgehead atoms. The number of carbonyl (C=O) groups excluding carboxylic acids is 1. The van der Waals surface area contributed by atoms with Crippen LogP contribution in [0.2, 0.25) is 0 Å². The van der Waals surface area contributed by atoms with E-state index in [4.69, 9.17) is 0 Å². The summed E-state index contributed by atoms with van der Waals surface area (Å²) in [5.74, 6) is -0.338. The predicted molar refractivity (Wildman–Crippen MR) is 107 cm³/mol. The van der Waals surface area contributed by atoms with E-state index in [0.29, 0.717) is 17.0 Å². The molecule has 0 atom stereocenters. The van der Waals surface area contributed by atoms with Gasteiger partial charge in [-0.3, -0.25) is 14.6 Å². The van der Waals surface area contributed by atoms with Crippen LogP contribution in [0.5, 0.6) is 0 Å². The molecule has 0 aromatic carbocycles. The van der Waals surface area contributed by atoms with Gasteiger partial charge in [0.05, 0.1) is 5.69 Å². The zero-order valence-corrected chi connectivity index (χ0v) is 15.5. The standard InChI is InChI=1S/C21H19N5O2/c1-12-8-13(2)25-20(27)16(12)11-24-21(28)19-15-5-7-23-18(15)9-17(26-19)14-4-3-6-22-10-14/h3-10,23H,11H2,1-2H3,(H,24,28)(H,25,27). The predicted octanol–water partition coefficient (Wildman–Crippen LogP) is 2.86. The summed E-state index contributed by atoms with van der Waals surface area (Å²) < 4.78 is 0. The molecule has 1 amide bonds. The van der Waals surface area contributed by atoms with Crippen LogP contribution in [0.15, 0.2) is 53.7 Å². The molecular weight excluding hydrogens is 354 g/mol. The fraction of sp³-hybridized carbons (Fsp3) is 0.143. The van der Waals surface area contributed by atoms with Crippen LogP contribution < -0.4 is 10.9 Å². The lowest BCUT2D eigenvalue weighted by atomic mass is 10.1. The van der Waals surface area contributed by atoms with Gasteiger partial charge in [0, 0.05) is 52.9 Å². The molecule has 0 unspecified atom stereocenters. The van der Waals surface area contributed by atoms with Crippen molar-refractivity contribution in [2.75, 3.05) is 0 Å². The molecule has 7 nitrogen and oxygen atoms in total. The fourth-order valence-electron chi connectivity index (χ4n) is 3.25. The maximum absolute atomic E-state index is 12.9. The molecule has 0 saturated heterocycles. The Morgan fingerprint density at radius 2 is 2.07 bits per heavy atom. The normalized spacial score (nSPS) is 10.9. The van der Waals surface area contributed by atoms with Crippen molar-refractivity contribution < 1.29 is 4.79 Å². The summed E-state index contributed by atoms with van der Waals surface area (Å²) in [4.78, 5) is 39.6. The van der Waals surface area contributed by atoms with Gasteiger partial charge in [-0.2, -0.15) is 0 Å². The first-order valence-electron chi connectivity index (χ1n) is 8.89. The third-order valence-electron chi connectivity index (χ3n) is 4.64. The van der Waals surface area contributed by atoms with Crippen LogP contribution >= 0.6 is 0 Å². The Bertz CT molecular complexity index is 1220. The van der Waals surface area contributed by atoms with Crippen molar-refractivity contribution in [3.8, 4) is 11.3 Å². The number of fused-ring (bicyclic) bond motifs is 1.